The van der Waals surface area contributed by atoms with Crippen molar-refractivity contribution in [2.45, 2.75) is 46.1 Å². The van der Waals surface area contributed by atoms with Gasteiger partial charge < -0.3 is 10.2 Å². The van der Waals surface area contributed by atoms with Gasteiger partial charge in [-0.1, -0.05) is 38.1 Å². The Morgan fingerprint density at radius 1 is 1.17 bits per heavy atom. The number of nitrogens with zero attached hydrogens (tertiary/aromatic N) is 3. The molecule has 0 radical (unpaired) electrons. The van der Waals surface area contributed by atoms with E-state index in [0.29, 0.717) is 6.04 Å². The second-order valence-corrected chi connectivity index (χ2v) is 6.60. The fourth-order valence-corrected chi connectivity index (χ4v) is 3.50. The lowest BCUT2D eigenvalue weighted by molar-refractivity contribution is 0.295. The lowest BCUT2D eigenvalue weighted by Crippen LogP contribution is -2.26. The average molecular weight is 324 g/mol. The van der Waals surface area contributed by atoms with Crippen LogP contribution >= 0.6 is 0 Å². The smallest absolute Gasteiger partial charge is 0.133 e. The Hall–Kier alpha value is -1.94. The predicted octanol–water partition coefficient (Wildman–Crippen LogP) is 3.97. The lowest BCUT2D eigenvalue weighted by Gasteiger charge is -2.20. The summed E-state index contributed by atoms with van der Waals surface area (Å²) < 4.78 is 0. The van der Waals surface area contributed by atoms with Crippen molar-refractivity contribution in [1.82, 2.24) is 14.9 Å². The highest BCUT2D eigenvalue weighted by Gasteiger charge is 2.23. The molecule has 0 bridgehead atoms. The zero-order valence-electron chi connectivity index (χ0n) is 15.0. The number of fused-ring (bicyclic) bond motifs is 3. The first kappa shape index (κ1) is 16.9. The molecule has 4 heteroatoms. The molecule has 1 unspecified atom stereocenters. The molecule has 3 rings (SSSR count). The van der Waals surface area contributed by atoms with Gasteiger partial charge in [0.2, 0.25) is 0 Å². The van der Waals surface area contributed by atoms with Crippen molar-refractivity contribution in [3.63, 3.8) is 0 Å². The van der Waals surface area contributed by atoms with Crippen LogP contribution in [0.1, 0.15) is 44.7 Å². The van der Waals surface area contributed by atoms with E-state index >= 15 is 0 Å². The van der Waals surface area contributed by atoms with E-state index in [0.717, 1.165) is 37.4 Å². The molecule has 0 spiro atoms. The number of rotatable bonds is 8. The first-order valence-corrected chi connectivity index (χ1v) is 9.14. The van der Waals surface area contributed by atoms with Crippen LogP contribution in [0.2, 0.25) is 0 Å². The van der Waals surface area contributed by atoms with Crippen LogP contribution in [-0.4, -0.2) is 40.5 Å². The second-order valence-electron chi connectivity index (χ2n) is 6.60. The van der Waals surface area contributed by atoms with Gasteiger partial charge in [0.15, 0.2) is 0 Å². The highest BCUT2D eigenvalue weighted by molar-refractivity contribution is 5.77. The highest BCUT2D eigenvalue weighted by atomic mass is 15.1. The zero-order chi connectivity index (χ0) is 16.9. The minimum Gasteiger partial charge on any atom is -0.367 e. The average Bonchev–Trinajstić information content (AvgIpc) is 2.99. The van der Waals surface area contributed by atoms with Crippen molar-refractivity contribution < 1.29 is 0 Å². The van der Waals surface area contributed by atoms with Crippen molar-refractivity contribution in [2.24, 2.45) is 0 Å². The third-order valence-corrected chi connectivity index (χ3v) is 4.97. The summed E-state index contributed by atoms with van der Waals surface area (Å²) in [6.45, 7) is 10.2. The Kier molecular flexibility index (Phi) is 5.46. The minimum atomic E-state index is 0.420. The fourth-order valence-electron chi connectivity index (χ4n) is 3.50. The largest absolute Gasteiger partial charge is 0.367 e. The summed E-state index contributed by atoms with van der Waals surface area (Å²) in [7, 11) is 0. The number of hydrogen-bond acceptors (Lipinski definition) is 4. The van der Waals surface area contributed by atoms with E-state index in [9.17, 15) is 0 Å². The molecule has 0 saturated carbocycles. The minimum absolute atomic E-state index is 0.420. The Morgan fingerprint density at radius 2 is 1.96 bits per heavy atom. The number of benzene rings is 1. The van der Waals surface area contributed by atoms with E-state index in [1.807, 2.05) is 0 Å². The quantitative estimate of drug-likeness (QED) is 0.681. The summed E-state index contributed by atoms with van der Waals surface area (Å²) in [5, 5.41) is 3.62. The topological polar surface area (TPSA) is 41.0 Å². The standard InChI is InChI=1S/C20H28N4/c1-4-24(5-2)12-8-9-15(3)23-20-18-13-16-10-6-7-11-17(16)19(18)21-14-22-20/h6-7,10-11,14-15H,4-5,8-9,12-13H2,1-3H3,(H,21,22,23). The van der Waals surface area contributed by atoms with Crippen LogP contribution in [0.25, 0.3) is 11.3 Å². The Balaban J connectivity index is 1.63. The summed E-state index contributed by atoms with van der Waals surface area (Å²) in [5.74, 6) is 1.01. The summed E-state index contributed by atoms with van der Waals surface area (Å²) in [6, 6.07) is 8.95. The van der Waals surface area contributed by atoms with Crippen molar-refractivity contribution in [2.75, 3.05) is 25.0 Å². The van der Waals surface area contributed by atoms with Crippen LogP contribution in [0.15, 0.2) is 30.6 Å². The molecule has 24 heavy (non-hydrogen) atoms. The van der Waals surface area contributed by atoms with Gasteiger partial charge in [-0.15, -0.1) is 0 Å². The van der Waals surface area contributed by atoms with Gasteiger partial charge in [0.25, 0.3) is 0 Å². The lowest BCUT2D eigenvalue weighted by atomic mass is 10.1. The number of anilines is 1. The van der Waals surface area contributed by atoms with Crippen LogP contribution in [0, 0.1) is 0 Å². The molecular weight excluding hydrogens is 296 g/mol. The molecule has 0 saturated heterocycles. The Bertz CT molecular complexity index is 679. The maximum atomic E-state index is 4.52. The molecule has 1 N–H and O–H groups in total. The summed E-state index contributed by atoms with van der Waals surface area (Å²) in [5.41, 5.74) is 4.95. The first-order chi connectivity index (χ1) is 11.7. The molecule has 1 atom stereocenters. The molecule has 4 nitrogen and oxygen atoms in total. The molecule has 1 aliphatic carbocycles. The molecule has 1 aromatic heterocycles. The molecule has 1 aliphatic rings. The molecular formula is C20H28N4. The van der Waals surface area contributed by atoms with Crippen molar-refractivity contribution in [3.8, 4) is 11.3 Å². The van der Waals surface area contributed by atoms with E-state index in [1.54, 1.807) is 6.33 Å². The molecule has 2 aromatic rings. The summed E-state index contributed by atoms with van der Waals surface area (Å²) in [4.78, 5) is 11.5. The van der Waals surface area contributed by atoms with Gasteiger partial charge in [0.1, 0.15) is 12.1 Å². The number of nitrogens with one attached hydrogen (secondary N) is 1. The van der Waals surface area contributed by atoms with Crippen LogP contribution in [0.3, 0.4) is 0 Å². The van der Waals surface area contributed by atoms with Gasteiger partial charge in [0.05, 0.1) is 5.69 Å². The van der Waals surface area contributed by atoms with Crippen LogP contribution in [0.4, 0.5) is 5.82 Å². The van der Waals surface area contributed by atoms with Crippen molar-refractivity contribution in [3.05, 3.63) is 41.7 Å². The summed E-state index contributed by atoms with van der Waals surface area (Å²) in [6.07, 6.45) is 4.98. The molecule has 0 aliphatic heterocycles. The van der Waals surface area contributed by atoms with Gasteiger partial charge in [-0.3, -0.25) is 0 Å². The normalized spacial score (nSPS) is 13.7. The monoisotopic (exact) mass is 324 g/mol. The van der Waals surface area contributed by atoms with Gasteiger partial charge in [-0.25, -0.2) is 9.97 Å². The number of aromatic nitrogens is 2. The van der Waals surface area contributed by atoms with Gasteiger partial charge in [-0.2, -0.15) is 0 Å². The Labute approximate surface area is 145 Å². The van der Waals surface area contributed by atoms with E-state index in [1.165, 1.54) is 29.7 Å². The second kappa shape index (κ2) is 7.75. The summed E-state index contributed by atoms with van der Waals surface area (Å²) >= 11 is 0. The molecule has 1 aromatic carbocycles. The van der Waals surface area contributed by atoms with Crippen LogP contribution in [-0.2, 0) is 6.42 Å². The van der Waals surface area contributed by atoms with Crippen LogP contribution < -0.4 is 5.32 Å². The number of hydrogen-bond donors (Lipinski definition) is 1. The van der Waals surface area contributed by atoms with E-state index < -0.39 is 0 Å². The fraction of sp³-hybridized carbons (Fsp3) is 0.500. The van der Waals surface area contributed by atoms with Gasteiger partial charge in [0, 0.05) is 23.6 Å². The van der Waals surface area contributed by atoms with Gasteiger partial charge >= 0.3 is 0 Å². The predicted molar refractivity (Wildman–Crippen MR) is 100 cm³/mol. The molecule has 0 amide bonds. The molecule has 128 valence electrons. The third kappa shape index (κ3) is 3.59. The Morgan fingerprint density at radius 3 is 2.75 bits per heavy atom. The maximum Gasteiger partial charge on any atom is 0.133 e. The van der Waals surface area contributed by atoms with Gasteiger partial charge in [-0.05, 0) is 45.0 Å². The SMILES string of the molecule is CCN(CC)CCCC(C)Nc1ncnc2c1Cc1ccccc1-2. The van der Waals surface area contributed by atoms with E-state index in [4.69, 9.17) is 0 Å². The van der Waals surface area contributed by atoms with Crippen LogP contribution in [0.5, 0.6) is 0 Å². The van der Waals surface area contributed by atoms with E-state index in [2.05, 4.69) is 65.2 Å². The third-order valence-electron chi connectivity index (χ3n) is 4.97. The zero-order valence-corrected chi connectivity index (χ0v) is 15.0. The van der Waals surface area contributed by atoms with Crippen molar-refractivity contribution >= 4 is 5.82 Å². The molecule has 0 fully saturated rings. The first-order valence-electron chi connectivity index (χ1n) is 9.14. The molecule has 1 heterocycles. The van der Waals surface area contributed by atoms with E-state index in [-0.39, 0.29) is 0 Å². The van der Waals surface area contributed by atoms with Crippen molar-refractivity contribution in [1.29, 1.82) is 0 Å². The highest BCUT2D eigenvalue weighted by Crippen LogP contribution is 2.37. The maximum absolute atomic E-state index is 4.52.